The van der Waals surface area contributed by atoms with E-state index in [0.717, 1.165) is 33.7 Å². The molecule has 0 bridgehead atoms. The standard InChI is InChI=1S/C26H28N2O2S/c1-5-20-11-7-10-18(3)24(20)28-25(29)19(4)31-23-14-8-13-22(16-23)27-26(30)21-12-6-9-17(2)15-21/h6-16,19H,5H2,1-4H3,(H,27,30)(H,28,29). The Balaban J connectivity index is 1.66. The Morgan fingerprint density at radius 1 is 0.935 bits per heavy atom. The monoisotopic (exact) mass is 432 g/mol. The van der Waals surface area contributed by atoms with Gasteiger partial charge in [0.2, 0.25) is 5.91 Å². The number of benzene rings is 3. The first-order chi connectivity index (χ1) is 14.9. The number of hydrogen-bond donors (Lipinski definition) is 2. The number of carbonyl (C=O) groups excluding carboxylic acids is 2. The molecule has 3 aromatic carbocycles. The zero-order valence-electron chi connectivity index (χ0n) is 18.4. The third-order valence-corrected chi connectivity index (χ3v) is 6.14. The maximum absolute atomic E-state index is 12.8. The number of nitrogens with one attached hydrogen (secondary N) is 2. The van der Waals surface area contributed by atoms with E-state index in [1.54, 1.807) is 6.07 Å². The molecular formula is C26H28N2O2S. The lowest BCUT2D eigenvalue weighted by Crippen LogP contribution is -2.23. The molecule has 0 radical (unpaired) electrons. The summed E-state index contributed by atoms with van der Waals surface area (Å²) in [4.78, 5) is 26.3. The van der Waals surface area contributed by atoms with E-state index in [4.69, 9.17) is 0 Å². The lowest BCUT2D eigenvalue weighted by Gasteiger charge is -2.16. The van der Waals surface area contributed by atoms with Gasteiger partial charge in [-0.3, -0.25) is 9.59 Å². The molecule has 160 valence electrons. The van der Waals surface area contributed by atoms with Crippen molar-refractivity contribution in [3.63, 3.8) is 0 Å². The van der Waals surface area contributed by atoms with Crippen molar-refractivity contribution in [3.8, 4) is 0 Å². The first-order valence-corrected chi connectivity index (χ1v) is 11.3. The fourth-order valence-corrected chi connectivity index (χ4v) is 4.25. The van der Waals surface area contributed by atoms with Gasteiger partial charge in [-0.15, -0.1) is 11.8 Å². The Morgan fingerprint density at radius 3 is 2.42 bits per heavy atom. The highest BCUT2D eigenvalue weighted by Gasteiger charge is 2.17. The SMILES string of the molecule is CCc1cccc(C)c1NC(=O)C(C)Sc1cccc(NC(=O)c2cccc(C)c2)c1. The van der Waals surface area contributed by atoms with E-state index in [1.165, 1.54) is 11.8 Å². The van der Waals surface area contributed by atoms with E-state index in [2.05, 4.69) is 17.6 Å². The summed E-state index contributed by atoms with van der Waals surface area (Å²) < 4.78 is 0. The summed E-state index contributed by atoms with van der Waals surface area (Å²) in [6.45, 7) is 7.94. The van der Waals surface area contributed by atoms with Crippen LogP contribution in [-0.2, 0) is 11.2 Å². The van der Waals surface area contributed by atoms with E-state index in [0.29, 0.717) is 11.3 Å². The quantitative estimate of drug-likeness (QED) is 0.435. The summed E-state index contributed by atoms with van der Waals surface area (Å²) in [5, 5.41) is 5.75. The van der Waals surface area contributed by atoms with Crippen molar-refractivity contribution in [3.05, 3.63) is 89.0 Å². The molecular weight excluding hydrogens is 404 g/mol. The summed E-state index contributed by atoms with van der Waals surface area (Å²) >= 11 is 1.47. The van der Waals surface area contributed by atoms with Gasteiger partial charge in [0.1, 0.15) is 0 Å². The molecule has 0 saturated heterocycles. The molecule has 0 fully saturated rings. The van der Waals surface area contributed by atoms with Crippen molar-refractivity contribution in [2.24, 2.45) is 0 Å². The van der Waals surface area contributed by atoms with Gasteiger partial charge in [-0.1, -0.05) is 48.9 Å². The number of hydrogen-bond acceptors (Lipinski definition) is 3. The predicted octanol–water partition coefficient (Wildman–Crippen LogP) is 6.24. The predicted molar refractivity (Wildman–Crippen MR) is 130 cm³/mol. The number of carbonyl (C=O) groups is 2. The second kappa shape index (κ2) is 10.3. The average Bonchev–Trinajstić information content (AvgIpc) is 2.75. The average molecular weight is 433 g/mol. The lowest BCUT2D eigenvalue weighted by atomic mass is 10.1. The second-order valence-electron chi connectivity index (χ2n) is 7.56. The molecule has 0 heterocycles. The van der Waals surface area contributed by atoms with Gasteiger partial charge in [-0.05, 0) is 68.7 Å². The van der Waals surface area contributed by atoms with Gasteiger partial charge in [0.15, 0.2) is 0 Å². The zero-order valence-corrected chi connectivity index (χ0v) is 19.2. The molecule has 3 aromatic rings. The highest BCUT2D eigenvalue weighted by atomic mass is 32.2. The van der Waals surface area contributed by atoms with Crippen LogP contribution in [0.15, 0.2) is 71.6 Å². The molecule has 0 aromatic heterocycles. The molecule has 1 atom stereocenters. The molecule has 0 aliphatic heterocycles. The normalized spacial score (nSPS) is 11.6. The minimum Gasteiger partial charge on any atom is -0.325 e. The topological polar surface area (TPSA) is 58.2 Å². The number of anilines is 2. The van der Waals surface area contributed by atoms with Gasteiger partial charge in [0, 0.05) is 21.8 Å². The van der Waals surface area contributed by atoms with E-state index >= 15 is 0 Å². The Labute approximate surface area is 188 Å². The van der Waals surface area contributed by atoms with E-state index in [9.17, 15) is 9.59 Å². The third-order valence-electron chi connectivity index (χ3n) is 5.04. The summed E-state index contributed by atoms with van der Waals surface area (Å²) in [5.41, 5.74) is 5.46. The molecule has 0 aliphatic carbocycles. The summed E-state index contributed by atoms with van der Waals surface area (Å²) in [5.74, 6) is -0.188. The van der Waals surface area contributed by atoms with Gasteiger partial charge < -0.3 is 10.6 Å². The molecule has 0 spiro atoms. The van der Waals surface area contributed by atoms with Crippen LogP contribution >= 0.6 is 11.8 Å². The number of para-hydroxylation sites is 1. The first-order valence-electron chi connectivity index (χ1n) is 10.4. The van der Waals surface area contributed by atoms with Gasteiger partial charge in [0.25, 0.3) is 5.91 Å². The first kappa shape index (κ1) is 22.6. The Hall–Kier alpha value is -3.05. The summed E-state index contributed by atoms with van der Waals surface area (Å²) in [6, 6.07) is 21.1. The Kier molecular flexibility index (Phi) is 7.53. The number of rotatable bonds is 7. The van der Waals surface area contributed by atoms with Crippen LogP contribution in [0.2, 0.25) is 0 Å². The van der Waals surface area contributed by atoms with E-state index in [-0.39, 0.29) is 17.1 Å². The van der Waals surface area contributed by atoms with Gasteiger partial charge >= 0.3 is 0 Å². The minimum atomic E-state index is -0.285. The molecule has 3 rings (SSSR count). The largest absolute Gasteiger partial charge is 0.325 e. The van der Waals surface area contributed by atoms with E-state index < -0.39 is 0 Å². The van der Waals surface area contributed by atoms with Crippen molar-refractivity contribution >= 4 is 35.0 Å². The van der Waals surface area contributed by atoms with Gasteiger partial charge in [-0.2, -0.15) is 0 Å². The van der Waals surface area contributed by atoms with Crippen LogP contribution in [0.5, 0.6) is 0 Å². The Morgan fingerprint density at radius 2 is 1.68 bits per heavy atom. The molecule has 5 heteroatoms. The van der Waals surface area contributed by atoms with Crippen molar-refractivity contribution in [1.29, 1.82) is 0 Å². The van der Waals surface area contributed by atoms with Gasteiger partial charge in [-0.25, -0.2) is 0 Å². The van der Waals surface area contributed by atoms with Crippen LogP contribution in [0.3, 0.4) is 0 Å². The molecule has 1 unspecified atom stereocenters. The van der Waals surface area contributed by atoms with Crippen molar-refractivity contribution in [1.82, 2.24) is 0 Å². The molecule has 4 nitrogen and oxygen atoms in total. The van der Waals surface area contributed by atoms with Crippen LogP contribution in [0.4, 0.5) is 11.4 Å². The zero-order chi connectivity index (χ0) is 22.4. The maximum Gasteiger partial charge on any atom is 0.255 e. The second-order valence-corrected chi connectivity index (χ2v) is 8.98. The number of thioether (sulfide) groups is 1. The number of amides is 2. The lowest BCUT2D eigenvalue weighted by molar-refractivity contribution is -0.115. The molecule has 2 N–H and O–H groups in total. The third kappa shape index (κ3) is 5.98. The number of aryl methyl sites for hydroxylation is 3. The fraction of sp³-hybridized carbons (Fsp3) is 0.231. The van der Waals surface area contributed by atoms with Gasteiger partial charge in [0.05, 0.1) is 5.25 Å². The van der Waals surface area contributed by atoms with Crippen LogP contribution < -0.4 is 10.6 Å². The molecule has 31 heavy (non-hydrogen) atoms. The van der Waals surface area contributed by atoms with Crippen LogP contribution in [0.25, 0.3) is 0 Å². The summed E-state index contributed by atoms with van der Waals surface area (Å²) in [6.07, 6.45) is 0.863. The summed E-state index contributed by atoms with van der Waals surface area (Å²) in [7, 11) is 0. The highest BCUT2D eigenvalue weighted by Crippen LogP contribution is 2.28. The fourth-order valence-electron chi connectivity index (χ4n) is 3.32. The smallest absolute Gasteiger partial charge is 0.255 e. The highest BCUT2D eigenvalue weighted by molar-refractivity contribution is 8.00. The van der Waals surface area contributed by atoms with Crippen LogP contribution in [-0.4, -0.2) is 17.1 Å². The van der Waals surface area contributed by atoms with E-state index in [1.807, 2.05) is 81.4 Å². The molecule has 0 aliphatic rings. The van der Waals surface area contributed by atoms with Crippen LogP contribution in [0, 0.1) is 13.8 Å². The molecule has 0 saturated carbocycles. The molecule has 2 amide bonds. The minimum absolute atomic E-state index is 0.0387. The Bertz CT molecular complexity index is 1090. The van der Waals surface area contributed by atoms with Crippen LogP contribution in [0.1, 0.15) is 40.9 Å². The maximum atomic E-state index is 12.8. The van der Waals surface area contributed by atoms with Crippen molar-refractivity contribution in [2.45, 2.75) is 44.3 Å². The van der Waals surface area contributed by atoms with Crippen molar-refractivity contribution in [2.75, 3.05) is 10.6 Å². The van der Waals surface area contributed by atoms with Crippen molar-refractivity contribution < 1.29 is 9.59 Å².